The maximum atomic E-state index is 12.7. The van der Waals surface area contributed by atoms with E-state index < -0.39 is 35.6 Å². The first-order valence-corrected chi connectivity index (χ1v) is 47.9. The minimum Gasteiger partial charge on any atom is -0.389 e. The minimum absolute atomic E-state index is 0.228. The monoisotopic (exact) mass is 2030 g/mol. The summed E-state index contributed by atoms with van der Waals surface area (Å²) in [6, 6.07) is 26.9. The summed E-state index contributed by atoms with van der Waals surface area (Å²) in [6.45, 7) is 12.1. The van der Waals surface area contributed by atoms with Crippen LogP contribution < -0.4 is 34.7 Å². The average molecular weight is 2040 g/mol. The summed E-state index contributed by atoms with van der Waals surface area (Å²) in [7, 11) is 0. The molecule has 17 aromatic heterocycles. The Morgan fingerprint density at radius 1 is 0.364 bits per heavy atom. The molecule has 7 saturated heterocycles. The lowest BCUT2D eigenvalue weighted by molar-refractivity contribution is -0.132. The highest BCUT2D eigenvalue weighted by Gasteiger charge is 2.40. The van der Waals surface area contributed by atoms with Crippen molar-refractivity contribution in [2.75, 3.05) is 128 Å². The summed E-state index contributed by atoms with van der Waals surface area (Å²) < 4.78 is 0. The van der Waals surface area contributed by atoms with Gasteiger partial charge in [0.2, 0.25) is 5.91 Å². The highest BCUT2D eigenvalue weighted by molar-refractivity contribution is 6.39. The number of carbonyl (C=O) groups excluding carboxylic acids is 1. The number of aliphatic hydroxyl groups excluding tert-OH is 5. The molecule has 45 heteroatoms. The molecule has 0 aliphatic carbocycles. The van der Waals surface area contributed by atoms with Crippen molar-refractivity contribution < 1.29 is 40.5 Å². The SMILES string of the molecule is C[C@@]1(O)CCN(c2c(Cl)cnc3[nH]c4cnc(C#N)cc4c23)C1.C[C@]1(O)CCN(c2c(Cl)cnc3[nH]c4cnc(C#N)cc4c23)C1.N#Cc1cc2c(cn1)[nH]c1ncc(Cl)c(N3CC(O)C3)c12.N#Cc1cc2c(cn1)[nH]c1ncc(Cl)c(N3C[C@@H](O)[C@H](O)C3)c12.N#Cc1cc2c(cn1)[nH]c1ncc(Cl)c(N3C[C@H](O)[C@@H](O)C3)c12.N#Cc1ccc2[nH]c3ncc(Cl)c(N4CCN(C(=O)C[C@H]5CCCN5)CC4)c3c2c1. The zero-order valence-corrected chi connectivity index (χ0v) is 80.7. The molecule has 722 valence electrons. The van der Waals surface area contributed by atoms with E-state index in [0.717, 1.165) is 146 Å². The van der Waals surface area contributed by atoms with E-state index in [1.165, 1.54) is 12.4 Å². The van der Waals surface area contributed by atoms with Crippen molar-refractivity contribution in [2.45, 2.75) is 93.7 Å². The Balaban J connectivity index is 0.000000105. The van der Waals surface area contributed by atoms with Gasteiger partial charge in [-0.05, 0) is 94.6 Å². The highest BCUT2D eigenvalue weighted by Crippen LogP contribution is 2.48. The number of benzene rings is 1. The Hall–Kier alpha value is -14.7. The first kappa shape index (κ1) is 95.8. The van der Waals surface area contributed by atoms with Crippen LogP contribution in [-0.2, 0) is 4.79 Å². The van der Waals surface area contributed by atoms with Gasteiger partial charge in [0, 0.05) is 142 Å². The van der Waals surface area contributed by atoms with Crippen LogP contribution in [0.25, 0.3) is 132 Å². The number of fused-ring (bicyclic) bond motifs is 18. The molecule has 0 radical (unpaired) electrons. The number of H-pyrrole nitrogens is 6. The number of aliphatic hydroxyl groups is 7. The number of piperazine rings is 1. The number of halogens is 6. The first-order valence-electron chi connectivity index (χ1n) is 45.6. The van der Waals surface area contributed by atoms with Crippen LogP contribution in [0.4, 0.5) is 34.1 Å². The van der Waals surface area contributed by atoms with E-state index in [-0.39, 0.29) is 38.2 Å². The third-order valence-corrected chi connectivity index (χ3v) is 28.5. The molecule has 0 spiro atoms. The van der Waals surface area contributed by atoms with E-state index in [1.54, 1.807) is 92.2 Å². The normalized spacial score (nSPS) is 20.0. The number of hydrogen-bond donors (Lipinski definition) is 14. The second kappa shape index (κ2) is 39.0. The molecule has 39 nitrogen and oxygen atoms in total. The van der Waals surface area contributed by atoms with Crippen LogP contribution in [-0.4, -0.2) is 277 Å². The van der Waals surface area contributed by atoms with Crippen LogP contribution in [0.15, 0.2) is 117 Å². The summed E-state index contributed by atoms with van der Waals surface area (Å²) in [4.78, 5) is 92.3. The molecule has 7 aliphatic rings. The molecule has 7 aliphatic heterocycles. The molecule has 0 bridgehead atoms. The summed E-state index contributed by atoms with van der Waals surface area (Å²) in [5, 5.41) is 141. The Morgan fingerprint density at radius 3 is 0.923 bits per heavy atom. The highest BCUT2D eigenvalue weighted by atomic mass is 35.5. The number of aromatic nitrogens is 17. The third-order valence-electron chi connectivity index (χ3n) is 26.8. The molecule has 7 atom stereocenters. The van der Waals surface area contributed by atoms with Crippen LogP contribution in [0.5, 0.6) is 0 Å². The van der Waals surface area contributed by atoms with Gasteiger partial charge in [-0.25, -0.2) is 54.8 Å². The van der Waals surface area contributed by atoms with Crippen LogP contribution in [0.3, 0.4) is 0 Å². The number of anilines is 6. The van der Waals surface area contributed by atoms with Gasteiger partial charge in [-0.1, -0.05) is 69.6 Å². The Labute approximate surface area is 841 Å². The van der Waals surface area contributed by atoms with Gasteiger partial charge in [0.05, 0.1) is 246 Å². The van der Waals surface area contributed by atoms with Gasteiger partial charge in [-0.2, -0.15) is 31.6 Å². The van der Waals surface area contributed by atoms with E-state index >= 15 is 0 Å². The second-order valence-corrected chi connectivity index (χ2v) is 39.1. The molecule has 25 rings (SSSR count). The van der Waals surface area contributed by atoms with Crippen LogP contribution in [0, 0.1) is 68.0 Å². The van der Waals surface area contributed by atoms with E-state index in [4.69, 9.17) is 95.9 Å². The minimum atomic E-state index is -0.823. The lowest BCUT2D eigenvalue weighted by atomic mass is 10.1. The van der Waals surface area contributed by atoms with Crippen LogP contribution >= 0.6 is 69.6 Å². The predicted molar refractivity (Wildman–Crippen MR) is 545 cm³/mol. The van der Waals surface area contributed by atoms with Gasteiger partial charge in [-0.3, -0.25) is 4.79 Å². The molecule has 1 aromatic carbocycles. The van der Waals surface area contributed by atoms with Crippen molar-refractivity contribution in [1.29, 1.82) is 31.6 Å². The molecular formula is C98H85Cl6N31O8. The zero-order chi connectivity index (χ0) is 99.9. The maximum Gasteiger partial charge on any atom is 0.224 e. The molecule has 7 fully saturated rings. The number of hydrogen-bond acceptors (Lipinski definition) is 32. The fourth-order valence-electron chi connectivity index (χ4n) is 19.9. The smallest absolute Gasteiger partial charge is 0.224 e. The van der Waals surface area contributed by atoms with Gasteiger partial charge in [-0.15, -0.1) is 0 Å². The molecule has 1 amide bonds. The first-order chi connectivity index (χ1) is 68.9. The van der Waals surface area contributed by atoms with Crippen molar-refractivity contribution in [3.8, 4) is 36.4 Å². The fraction of sp³-hybridized carbons (Fsp3) is 0.306. The lowest BCUT2D eigenvalue weighted by Crippen LogP contribution is -2.51. The third kappa shape index (κ3) is 18.5. The van der Waals surface area contributed by atoms with Crippen molar-refractivity contribution in [2.24, 2.45) is 0 Å². The van der Waals surface area contributed by atoms with Crippen LogP contribution in [0.2, 0.25) is 30.1 Å². The molecule has 18 aromatic rings. The van der Waals surface area contributed by atoms with Crippen molar-refractivity contribution >= 4 is 241 Å². The summed E-state index contributed by atoms with van der Waals surface area (Å²) in [6.07, 6.45) is 18.2. The van der Waals surface area contributed by atoms with Crippen molar-refractivity contribution in [3.63, 3.8) is 0 Å². The van der Waals surface area contributed by atoms with E-state index in [1.807, 2.05) is 63.8 Å². The summed E-state index contributed by atoms with van der Waals surface area (Å²) in [5.41, 5.74) is 14.5. The largest absolute Gasteiger partial charge is 0.389 e. The quantitative estimate of drug-likeness (QED) is 0.0672. The molecule has 14 N–H and O–H groups in total. The maximum absolute atomic E-state index is 12.7. The van der Waals surface area contributed by atoms with Gasteiger partial charge in [0.25, 0.3) is 0 Å². The number of pyridine rings is 11. The number of rotatable bonds is 8. The number of nitrogens with one attached hydrogen (secondary N) is 7. The molecule has 0 unspecified atom stereocenters. The molecule has 0 saturated carbocycles. The average Bonchev–Trinajstić information content (AvgIpc) is 1.64. The fourth-order valence-corrected chi connectivity index (χ4v) is 21.5. The van der Waals surface area contributed by atoms with E-state index in [2.05, 4.69) is 123 Å². The number of aromatic amines is 6. The number of amides is 1. The molecular weight excluding hydrogens is 1950 g/mol. The number of nitriles is 6. The van der Waals surface area contributed by atoms with Gasteiger partial charge >= 0.3 is 0 Å². The Morgan fingerprint density at radius 2 is 0.650 bits per heavy atom. The van der Waals surface area contributed by atoms with Crippen molar-refractivity contribution in [1.82, 2.24) is 94.9 Å². The van der Waals surface area contributed by atoms with E-state index in [9.17, 15) is 45.8 Å². The second-order valence-electron chi connectivity index (χ2n) is 36.7. The number of carbonyl (C=O) groups is 1. The molecule has 143 heavy (non-hydrogen) atoms. The topological polar surface area (TPSA) is 573 Å². The standard InChI is InChI=1S/C22H23ClN6O.2C16H14ClN5O.2C15H12ClN5O2.C14H10ClN5O/c23-17-13-26-22-20(16-10-14(12-24)3-4-18(16)27-22)21(17)29-8-6-28(7-9-29)19(30)11-15-2-1-5-25-15;2*1-16(23)2-3-22(8-16)14-11(17)6-20-15-13(14)10-4-9(5-18)19-7-12(10)21-15;2*16-9-3-19-15-13(14(9)21-5-11(22)12(23)6-21)8-1-7(2-17)18-4-10(8)20-15;15-10-3-18-14-12(13(10)20-5-8(21)6-20)9-1-7(2-16)17-4-11(9)19-14/h3-4,10,13,15,25H,1-2,5-9,11H2,(H,26,27);2*4,6-7,23H,2-3,8H2,1H3,(H,20,21);2*1,3-4,11-12,22-23H,5-6H2,(H,19,20);1,3-4,8,21H,5-6H2,(H,18,19)/t15-;2*16-;2*11-,12-;/m11010./s1. The van der Waals surface area contributed by atoms with Gasteiger partial charge in [0.1, 0.15) is 92.7 Å². The zero-order valence-electron chi connectivity index (χ0n) is 76.1. The van der Waals surface area contributed by atoms with E-state index in [0.29, 0.717) is 195 Å². The Kier molecular flexibility index (Phi) is 26.1. The number of β-amino-alcohol motifs (C(OH)–C–C–N with tert-alkyl or cyclic N) is 7. The van der Waals surface area contributed by atoms with Crippen molar-refractivity contribution in [3.05, 3.63) is 181 Å². The van der Waals surface area contributed by atoms with Crippen LogP contribution in [0.1, 0.15) is 80.0 Å². The Bertz CT molecular complexity index is 7830. The van der Waals surface area contributed by atoms with Gasteiger partial charge < -0.3 is 105 Å². The molecule has 24 heterocycles. The predicted octanol–water partition coefficient (Wildman–Crippen LogP) is 12.4. The summed E-state index contributed by atoms with van der Waals surface area (Å²) >= 11 is 38.5. The number of nitrogens with zero attached hydrogens (tertiary/aromatic N) is 24. The lowest BCUT2D eigenvalue weighted by Gasteiger charge is -2.38. The van der Waals surface area contributed by atoms with Gasteiger partial charge in [0.15, 0.2) is 0 Å². The summed E-state index contributed by atoms with van der Waals surface area (Å²) in [5.74, 6) is 0.228.